The van der Waals surface area contributed by atoms with E-state index in [4.69, 9.17) is 0 Å². The average molecular weight is 256 g/mol. The highest BCUT2D eigenvalue weighted by molar-refractivity contribution is 5.64. The molecule has 0 atom stereocenters. The lowest BCUT2D eigenvalue weighted by Gasteiger charge is -2.27. The van der Waals surface area contributed by atoms with E-state index in [1.54, 1.807) is 0 Å². The van der Waals surface area contributed by atoms with Crippen LogP contribution < -0.4 is 4.90 Å². The molecule has 0 bridgehead atoms. The maximum Gasteiger partial charge on any atom is 0.0737 e. The summed E-state index contributed by atoms with van der Waals surface area (Å²) in [4.78, 5) is 6.88. The molecule has 1 aliphatic rings. The Labute approximate surface area is 114 Å². The Morgan fingerprint density at radius 3 is 2.84 bits per heavy atom. The van der Waals surface area contributed by atoms with Gasteiger partial charge in [0.1, 0.15) is 0 Å². The Kier molecular flexibility index (Phi) is 3.01. The molecule has 0 fully saturated rings. The Hall–Kier alpha value is -1.84. The zero-order valence-corrected chi connectivity index (χ0v) is 11.8. The molecule has 0 aromatic carbocycles. The summed E-state index contributed by atoms with van der Waals surface area (Å²) in [5.74, 6) is 0. The van der Waals surface area contributed by atoms with Crippen LogP contribution in [0.1, 0.15) is 31.9 Å². The van der Waals surface area contributed by atoms with E-state index < -0.39 is 0 Å². The molecule has 0 N–H and O–H groups in total. The SMILES string of the molecule is CC(C)n1cc(-c2cc3c(cn2)N(C)CCC3)cn1. The highest BCUT2D eigenvalue weighted by Crippen LogP contribution is 2.28. The number of pyridine rings is 1. The fraction of sp³-hybridized carbons (Fsp3) is 0.467. The minimum atomic E-state index is 0.387. The molecule has 0 unspecified atom stereocenters. The Bertz CT molecular complexity index is 586. The zero-order chi connectivity index (χ0) is 13.4. The number of hydrogen-bond donors (Lipinski definition) is 0. The van der Waals surface area contributed by atoms with E-state index in [9.17, 15) is 0 Å². The van der Waals surface area contributed by atoms with Gasteiger partial charge in [0, 0.05) is 31.4 Å². The lowest BCUT2D eigenvalue weighted by atomic mass is 10.0. The molecule has 1 aliphatic heterocycles. The monoisotopic (exact) mass is 256 g/mol. The number of nitrogens with zero attached hydrogens (tertiary/aromatic N) is 4. The summed E-state index contributed by atoms with van der Waals surface area (Å²) in [5, 5.41) is 4.39. The first kappa shape index (κ1) is 12.2. The molecule has 3 rings (SSSR count). The number of hydrogen-bond acceptors (Lipinski definition) is 3. The average Bonchev–Trinajstić information content (AvgIpc) is 2.88. The Balaban J connectivity index is 1.97. The smallest absolute Gasteiger partial charge is 0.0737 e. The van der Waals surface area contributed by atoms with Gasteiger partial charge < -0.3 is 4.90 Å². The third-order valence-corrected chi connectivity index (χ3v) is 3.74. The zero-order valence-electron chi connectivity index (χ0n) is 11.8. The van der Waals surface area contributed by atoms with Crippen LogP contribution in [0.4, 0.5) is 5.69 Å². The number of anilines is 1. The quantitative estimate of drug-likeness (QED) is 0.828. The van der Waals surface area contributed by atoms with Crippen LogP contribution in [0.2, 0.25) is 0 Å². The minimum absolute atomic E-state index is 0.387. The number of fused-ring (bicyclic) bond motifs is 1. The Morgan fingerprint density at radius 2 is 2.11 bits per heavy atom. The van der Waals surface area contributed by atoms with Crippen LogP contribution in [-0.4, -0.2) is 28.4 Å². The summed E-state index contributed by atoms with van der Waals surface area (Å²) in [6.45, 7) is 5.39. The largest absolute Gasteiger partial charge is 0.373 e. The van der Waals surface area contributed by atoms with E-state index in [2.05, 4.69) is 48.1 Å². The van der Waals surface area contributed by atoms with Gasteiger partial charge in [-0.15, -0.1) is 0 Å². The first-order chi connectivity index (χ1) is 9.15. The molecule has 3 heterocycles. The maximum absolute atomic E-state index is 4.59. The van der Waals surface area contributed by atoms with E-state index in [-0.39, 0.29) is 0 Å². The topological polar surface area (TPSA) is 34.0 Å². The van der Waals surface area contributed by atoms with Crippen molar-refractivity contribution < 1.29 is 0 Å². The normalized spacial score (nSPS) is 14.8. The second kappa shape index (κ2) is 4.68. The van der Waals surface area contributed by atoms with Crippen molar-refractivity contribution in [3.8, 4) is 11.3 Å². The molecule has 4 heteroatoms. The first-order valence-corrected chi connectivity index (χ1v) is 6.90. The van der Waals surface area contributed by atoms with Crippen LogP contribution in [0.15, 0.2) is 24.7 Å². The number of rotatable bonds is 2. The van der Waals surface area contributed by atoms with E-state index in [0.717, 1.165) is 24.2 Å². The second-order valence-electron chi connectivity index (χ2n) is 5.53. The van der Waals surface area contributed by atoms with Gasteiger partial charge in [0.15, 0.2) is 0 Å². The number of aromatic nitrogens is 3. The van der Waals surface area contributed by atoms with Crippen LogP contribution in [-0.2, 0) is 6.42 Å². The van der Waals surface area contributed by atoms with Gasteiger partial charge in [0.2, 0.25) is 0 Å². The van der Waals surface area contributed by atoms with Gasteiger partial charge in [-0.2, -0.15) is 5.10 Å². The molecule has 0 saturated heterocycles. The highest BCUT2D eigenvalue weighted by atomic mass is 15.3. The molecule has 0 amide bonds. The summed E-state index contributed by atoms with van der Waals surface area (Å²) >= 11 is 0. The lowest BCUT2D eigenvalue weighted by molar-refractivity contribution is 0.532. The second-order valence-corrected chi connectivity index (χ2v) is 5.53. The molecule has 4 nitrogen and oxygen atoms in total. The van der Waals surface area contributed by atoms with Crippen molar-refractivity contribution in [1.29, 1.82) is 0 Å². The molecular formula is C15H20N4. The van der Waals surface area contributed by atoms with Crippen LogP contribution >= 0.6 is 0 Å². The van der Waals surface area contributed by atoms with E-state index >= 15 is 0 Å². The summed E-state index contributed by atoms with van der Waals surface area (Å²) in [7, 11) is 2.14. The van der Waals surface area contributed by atoms with Gasteiger partial charge in [-0.1, -0.05) is 0 Å². The third-order valence-electron chi connectivity index (χ3n) is 3.74. The maximum atomic E-state index is 4.59. The molecule has 0 saturated carbocycles. The van der Waals surface area contributed by atoms with Gasteiger partial charge in [-0.25, -0.2) is 0 Å². The molecule has 0 radical (unpaired) electrons. The van der Waals surface area contributed by atoms with E-state index in [0.29, 0.717) is 6.04 Å². The third kappa shape index (κ3) is 2.23. The predicted octanol–water partition coefficient (Wildman–Crippen LogP) is 2.91. The van der Waals surface area contributed by atoms with Crippen molar-refractivity contribution in [1.82, 2.24) is 14.8 Å². The van der Waals surface area contributed by atoms with Gasteiger partial charge >= 0.3 is 0 Å². The molecule has 0 aliphatic carbocycles. The van der Waals surface area contributed by atoms with Gasteiger partial charge in [-0.3, -0.25) is 9.67 Å². The lowest BCUT2D eigenvalue weighted by Crippen LogP contribution is -2.24. The van der Waals surface area contributed by atoms with Gasteiger partial charge in [-0.05, 0) is 38.3 Å². The summed E-state index contributed by atoms with van der Waals surface area (Å²) in [5.41, 5.74) is 4.80. The van der Waals surface area contributed by atoms with Gasteiger partial charge in [0.05, 0.1) is 23.8 Å². The minimum Gasteiger partial charge on any atom is -0.373 e. The molecule has 19 heavy (non-hydrogen) atoms. The first-order valence-electron chi connectivity index (χ1n) is 6.90. The predicted molar refractivity (Wildman–Crippen MR) is 77.4 cm³/mol. The highest BCUT2D eigenvalue weighted by Gasteiger charge is 2.15. The molecule has 2 aromatic rings. The van der Waals surface area contributed by atoms with Crippen molar-refractivity contribution in [2.24, 2.45) is 0 Å². The van der Waals surface area contributed by atoms with E-state index in [1.807, 2.05) is 17.1 Å². The van der Waals surface area contributed by atoms with Crippen molar-refractivity contribution in [3.05, 3.63) is 30.2 Å². The van der Waals surface area contributed by atoms with Gasteiger partial charge in [0.25, 0.3) is 0 Å². The summed E-state index contributed by atoms with van der Waals surface area (Å²) < 4.78 is 1.97. The van der Waals surface area contributed by atoms with Crippen molar-refractivity contribution in [2.75, 3.05) is 18.5 Å². The number of aryl methyl sites for hydroxylation is 1. The molecule has 100 valence electrons. The molecule has 0 spiro atoms. The van der Waals surface area contributed by atoms with Crippen molar-refractivity contribution >= 4 is 5.69 Å². The summed E-state index contributed by atoms with van der Waals surface area (Å²) in [6, 6.07) is 2.60. The van der Waals surface area contributed by atoms with Crippen molar-refractivity contribution in [2.45, 2.75) is 32.7 Å². The standard InChI is InChI=1S/C15H20N4/c1-11(2)19-10-13(8-17-19)14-7-12-5-4-6-18(3)15(12)9-16-14/h7-11H,4-6H2,1-3H3. The van der Waals surface area contributed by atoms with E-state index in [1.165, 1.54) is 17.7 Å². The fourth-order valence-electron chi connectivity index (χ4n) is 2.57. The fourth-order valence-corrected chi connectivity index (χ4v) is 2.57. The van der Waals surface area contributed by atoms with Crippen LogP contribution in [0, 0.1) is 0 Å². The van der Waals surface area contributed by atoms with Crippen molar-refractivity contribution in [3.63, 3.8) is 0 Å². The van der Waals surface area contributed by atoms with Crippen LogP contribution in [0.3, 0.4) is 0 Å². The molecular weight excluding hydrogens is 236 g/mol. The van der Waals surface area contributed by atoms with Crippen LogP contribution in [0.25, 0.3) is 11.3 Å². The van der Waals surface area contributed by atoms with Crippen LogP contribution in [0.5, 0.6) is 0 Å². The Morgan fingerprint density at radius 1 is 1.26 bits per heavy atom. The molecule has 2 aromatic heterocycles. The summed E-state index contributed by atoms with van der Waals surface area (Å²) in [6.07, 6.45) is 8.34.